The number of nitrogens with zero attached hydrogens (tertiary/aromatic N) is 1. The van der Waals surface area contributed by atoms with Crippen LogP contribution in [0.5, 0.6) is 0 Å². The maximum atomic E-state index is 5.21. The number of aromatic nitrogens is 1. The van der Waals surface area contributed by atoms with Crippen molar-refractivity contribution < 1.29 is 4.74 Å². The number of rotatable bonds is 3. The third-order valence-corrected chi connectivity index (χ3v) is 2.26. The van der Waals surface area contributed by atoms with E-state index in [1.807, 2.05) is 0 Å². The maximum Gasteiger partial charge on any atom is 0.0722 e. The topological polar surface area (TPSA) is 14.2 Å². The second kappa shape index (κ2) is 3.76. The normalized spacial score (nSPS) is 13.3. The summed E-state index contributed by atoms with van der Waals surface area (Å²) in [6.45, 7) is 7.27. The molecule has 2 heteroatoms. The van der Waals surface area contributed by atoms with Crippen LogP contribution in [0, 0.1) is 13.8 Å². The minimum atomic E-state index is 0.287. The molecule has 1 rings (SSSR count). The standard InChI is InChI=1S/C10H17NO/c1-8-5-6-9(2)11(8)7-10(3)12-4/h5-6,10H,7H2,1-4H3. The predicted molar refractivity (Wildman–Crippen MR) is 50.4 cm³/mol. The number of hydrogen-bond donors (Lipinski definition) is 0. The minimum Gasteiger partial charge on any atom is -0.380 e. The van der Waals surface area contributed by atoms with Crippen LogP contribution < -0.4 is 0 Å². The van der Waals surface area contributed by atoms with E-state index in [-0.39, 0.29) is 6.10 Å². The summed E-state index contributed by atoms with van der Waals surface area (Å²) in [6.07, 6.45) is 0.287. The zero-order chi connectivity index (χ0) is 9.14. The van der Waals surface area contributed by atoms with Gasteiger partial charge in [0.05, 0.1) is 6.10 Å². The van der Waals surface area contributed by atoms with E-state index in [1.165, 1.54) is 11.4 Å². The first-order chi connectivity index (χ1) is 5.65. The maximum absolute atomic E-state index is 5.21. The van der Waals surface area contributed by atoms with Gasteiger partial charge in [0, 0.05) is 25.0 Å². The van der Waals surface area contributed by atoms with Crippen LogP contribution in [-0.2, 0) is 11.3 Å². The molecule has 0 N–H and O–H groups in total. The van der Waals surface area contributed by atoms with E-state index >= 15 is 0 Å². The Balaban J connectivity index is 2.73. The molecule has 0 bridgehead atoms. The van der Waals surface area contributed by atoms with Crippen LogP contribution in [-0.4, -0.2) is 17.8 Å². The molecule has 0 aliphatic heterocycles. The fourth-order valence-corrected chi connectivity index (χ4v) is 1.32. The molecule has 0 aliphatic carbocycles. The van der Waals surface area contributed by atoms with Crippen LogP contribution in [0.15, 0.2) is 12.1 Å². The molecule has 0 spiro atoms. The monoisotopic (exact) mass is 167 g/mol. The first-order valence-electron chi connectivity index (χ1n) is 4.30. The second-order valence-corrected chi connectivity index (χ2v) is 3.27. The summed E-state index contributed by atoms with van der Waals surface area (Å²) in [4.78, 5) is 0. The van der Waals surface area contributed by atoms with Gasteiger partial charge in [0.1, 0.15) is 0 Å². The molecule has 0 saturated carbocycles. The Morgan fingerprint density at radius 2 is 1.83 bits per heavy atom. The van der Waals surface area contributed by atoms with E-state index in [1.54, 1.807) is 7.11 Å². The first kappa shape index (κ1) is 9.33. The Bertz CT molecular complexity index is 233. The van der Waals surface area contributed by atoms with Crippen molar-refractivity contribution >= 4 is 0 Å². The molecule has 0 radical (unpaired) electrons. The molecule has 1 atom stereocenters. The van der Waals surface area contributed by atoms with Crippen molar-refractivity contribution in [3.05, 3.63) is 23.5 Å². The summed E-state index contributed by atoms with van der Waals surface area (Å²) in [5.41, 5.74) is 2.60. The molecule has 0 aromatic carbocycles. The largest absolute Gasteiger partial charge is 0.380 e. The summed E-state index contributed by atoms with van der Waals surface area (Å²) in [7, 11) is 1.75. The summed E-state index contributed by atoms with van der Waals surface area (Å²) in [5.74, 6) is 0. The average molecular weight is 167 g/mol. The van der Waals surface area contributed by atoms with Crippen LogP contribution in [0.3, 0.4) is 0 Å². The third-order valence-electron chi connectivity index (χ3n) is 2.26. The molecule has 1 aromatic heterocycles. The quantitative estimate of drug-likeness (QED) is 0.672. The van der Waals surface area contributed by atoms with Crippen LogP contribution in [0.25, 0.3) is 0 Å². The highest BCUT2D eigenvalue weighted by Gasteiger charge is 2.04. The molecular formula is C10H17NO. The van der Waals surface area contributed by atoms with Crippen molar-refractivity contribution in [3.63, 3.8) is 0 Å². The lowest BCUT2D eigenvalue weighted by molar-refractivity contribution is 0.102. The first-order valence-corrected chi connectivity index (χ1v) is 4.30. The summed E-state index contributed by atoms with van der Waals surface area (Å²) in [5, 5.41) is 0. The molecule has 2 nitrogen and oxygen atoms in total. The lowest BCUT2D eigenvalue weighted by Crippen LogP contribution is -2.16. The Hall–Kier alpha value is -0.760. The van der Waals surface area contributed by atoms with Crippen LogP contribution in [0.1, 0.15) is 18.3 Å². The fraction of sp³-hybridized carbons (Fsp3) is 0.600. The Labute approximate surface area is 74.2 Å². The predicted octanol–water partition coefficient (Wildman–Crippen LogP) is 2.14. The van der Waals surface area contributed by atoms with Gasteiger partial charge in [0.15, 0.2) is 0 Å². The third kappa shape index (κ3) is 1.89. The van der Waals surface area contributed by atoms with Gasteiger partial charge in [-0.15, -0.1) is 0 Å². The van der Waals surface area contributed by atoms with E-state index in [0.717, 1.165) is 6.54 Å². The molecule has 12 heavy (non-hydrogen) atoms. The van der Waals surface area contributed by atoms with Crippen LogP contribution in [0.2, 0.25) is 0 Å². The lowest BCUT2D eigenvalue weighted by Gasteiger charge is -2.14. The molecule has 0 amide bonds. The van der Waals surface area contributed by atoms with Crippen molar-refractivity contribution in [1.82, 2.24) is 4.57 Å². The summed E-state index contributed by atoms with van der Waals surface area (Å²) < 4.78 is 7.48. The highest BCUT2D eigenvalue weighted by atomic mass is 16.5. The van der Waals surface area contributed by atoms with Gasteiger partial charge in [0.2, 0.25) is 0 Å². The Morgan fingerprint density at radius 1 is 1.33 bits per heavy atom. The van der Waals surface area contributed by atoms with E-state index in [4.69, 9.17) is 4.74 Å². The molecule has 1 aromatic rings. The van der Waals surface area contributed by atoms with Gasteiger partial charge in [-0.1, -0.05) is 0 Å². The van der Waals surface area contributed by atoms with E-state index in [0.29, 0.717) is 0 Å². The van der Waals surface area contributed by atoms with Gasteiger partial charge in [-0.3, -0.25) is 0 Å². The summed E-state index contributed by atoms with van der Waals surface area (Å²) in [6, 6.07) is 4.27. The van der Waals surface area contributed by atoms with Crippen molar-refractivity contribution in [2.75, 3.05) is 7.11 Å². The smallest absolute Gasteiger partial charge is 0.0722 e. The number of aryl methyl sites for hydroxylation is 2. The van der Waals surface area contributed by atoms with Gasteiger partial charge in [-0.05, 0) is 32.9 Å². The van der Waals surface area contributed by atoms with Gasteiger partial charge < -0.3 is 9.30 Å². The van der Waals surface area contributed by atoms with Crippen LogP contribution in [0.4, 0.5) is 0 Å². The van der Waals surface area contributed by atoms with Crippen molar-refractivity contribution in [2.45, 2.75) is 33.4 Å². The van der Waals surface area contributed by atoms with Gasteiger partial charge in [-0.25, -0.2) is 0 Å². The molecule has 1 heterocycles. The van der Waals surface area contributed by atoms with Crippen molar-refractivity contribution in [3.8, 4) is 0 Å². The molecular weight excluding hydrogens is 150 g/mol. The number of hydrogen-bond acceptors (Lipinski definition) is 1. The Kier molecular flexibility index (Phi) is 2.93. The minimum absolute atomic E-state index is 0.287. The number of methoxy groups -OCH3 is 1. The van der Waals surface area contributed by atoms with E-state index in [2.05, 4.69) is 37.5 Å². The van der Waals surface area contributed by atoms with E-state index in [9.17, 15) is 0 Å². The van der Waals surface area contributed by atoms with Crippen molar-refractivity contribution in [2.24, 2.45) is 0 Å². The van der Waals surface area contributed by atoms with Gasteiger partial charge in [0.25, 0.3) is 0 Å². The summed E-state index contributed by atoms with van der Waals surface area (Å²) >= 11 is 0. The number of ether oxygens (including phenoxy) is 1. The van der Waals surface area contributed by atoms with Crippen molar-refractivity contribution in [1.29, 1.82) is 0 Å². The van der Waals surface area contributed by atoms with Gasteiger partial charge in [-0.2, -0.15) is 0 Å². The SMILES string of the molecule is COC(C)Cn1c(C)ccc1C. The average Bonchev–Trinajstić information content (AvgIpc) is 2.35. The Morgan fingerprint density at radius 3 is 2.25 bits per heavy atom. The molecule has 0 aliphatic rings. The fourth-order valence-electron chi connectivity index (χ4n) is 1.32. The van der Waals surface area contributed by atoms with Gasteiger partial charge >= 0.3 is 0 Å². The highest BCUT2D eigenvalue weighted by molar-refractivity contribution is 5.13. The molecule has 0 fully saturated rings. The molecule has 1 unspecified atom stereocenters. The molecule has 68 valence electrons. The van der Waals surface area contributed by atoms with E-state index < -0.39 is 0 Å². The molecule has 0 saturated heterocycles. The highest BCUT2D eigenvalue weighted by Crippen LogP contribution is 2.08. The lowest BCUT2D eigenvalue weighted by atomic mass is 10.3. The zero-order valence-corrected chi connectivity index (χ0v) is 8.29. The second-order valence-electron chi connectivity index (χ2n) is 3.27. The zero-order valence-electron chi connectivity index (χ0n) is 8.29. The van der Waals surface area contributed by atoms with Crippen LogP contribution >= 0.6 is 0 Å².